The van der Waals surface area contributed by atoms with Crippen molar-refractivity contribution in [3.05, 3.63) is 86.5 Å². The molecule has 3 N–H and O–H groups in total. The number of aliphatic hydroxyl groups is 1. The summed E-state index contributed by atoms with van der Waals surface area (Å²) in [5.41, 5.74) is -0.0813. The van der Waals surface area contributed by atoms with Crippen LogP contribution in [0, 0.1) is 0 Å². The van der Waals surface area contributed by atoms with Gasteiger partial charge in [0.1, 0.15) is 23.9 Å². The lowest BCUT2D eigenvalue weighted by Crippen LogP contribution is -2.45. The van der Waals surface area contributed by atoms with Gasteiger partial charge in [-0.2, -0.15) is 0 Å². The Morgan fingerprint density at radius 3 is 2.15 bits per heavy atom. The van der Waals surface area contributed by atoms with Gasteiger partial charge in [0.15, 0.2) is 0 Å². The van der Waals surface area contributed by atoms with Crippen molar-refractivity contribution in [3.8, 4) is 17.2 Å². The number of rotatable bonds is 9. The number of nitrogens with zero attached hydrogens (tertiary/aromatic N) is 1. The second-order valence-corrected chi connectivity index (χ2v) is 7.91. The number of phenolic OH excluding ortho intramolecular Hbond substituents is 1. The number of aromatic hydroxyl groups is 1. The van der Waals surface area contributed by atoms with Crippen LogP contribution < -0.4 is 14.8 Å². The topological polar surface area (TPSA) is 91.3 Å². The minimum absolute atomic E-state index is 0.124. The smallest absolute Gasteiger partial charge is 0.417 e. The number of carbonyl (C=O) groups excluding carboxylic acids is 1. The van der Waals surface area contributed by atoms with E-state index in [4.69, 9.17) is 9.47 Å². The molecular formula is C27H34N2O5. The van der Waals surface area contributed by atoms with E-state index in [9.17, 15) is 15.0 Å². The lowest BCUT2D eigenvalue weighted by atomic mass is 9.88. The van der Waals surface area contributed by atoms with Crippen molar-refractivity contribution >= 4 is 11.8 Å². The standard InChI is InChI=1S/C23H28N2O5.C4H6/c1-2-11-23(28)12-14-25(15-13-23)16-17-29-20-7-9-21(10-8-20)30-22(27)24-18-3-5-19(26)6-4-18;1-3-4-2/h2-10,26,28H,1,11-17H2,(H,24,27);3-4H,1-2H2. The van der Waals surface area contributed by atoms with Crippen LogP contribution in [0.15, 0.2) is 86.5 Å². The van der Waals surface area contributed by atoms with Gasteiger partial charge in [0, 0.05) is 25.3 Å². The van der Waals surface area contributed by atoms with Gasteiger partial charge >= 0.3 is 6.09 Å². The summed E-state index contributed by atoms with van der Waals surface area (Å²) in [6, 6.07) is 13.0. The van der Waals surface area contributed by atoms with Gasteiger partial charge in [-0.15, -0.1) is 6.58 Å². The Bertz CT molecular complexity index is 911. The fraction of sp³-hybridized carbons (Fsp3) is 0.296. The van der Waals surface area contributed by atoms with Crippen LogP contribution in [-0.4, -0.2) is 53.0 Å². The summed E-state index contributed by atoms with van der Waals surface area (Å²) in [6.07, 6.45) is 6.58. The Morgan fingerprint density at radius 2 is 1.59 bits per heavy atom. The molecule has 0 unspecified atom stereocenters. The maximum atomic E-state index is 11.9. The van der Waals surface area contributed by atoms with Crippen LogP contribution in [0.4, 0.5) is 10.5 Å². The van der Waals surface area contributed by atoms with Crippen LogP contribution in [0.25, 0.3) is 0 Å². The van der Waals surface area contributed by atoms with Crippen molar-refractivity contribution in [2.75, 3.05) is 31.6 Å². The molecule has 182 valence electrons. The molecule has 1 fully saturated rings. The van der Waals surface area contributed by atoms with Gasteiger partial charge in [-0.05, 0) is 67.8 Å². The summed E-state index contributed by atoms with van der Waals surface area (Å²) in [6.45, 7) is 13.5. The van der Waals surface area contributed by atoms with Crippen molar-refractivity contribution in [3.63, 3.8) is 0 Å². The second-order valence-electron chi connectivity index (χ2n) is 7.91. The van der Waals surface area contributed by atoms with E-state index in [1.54, 1.807) is 54.6 Å². The van der Waals surface area contributed by atoms with Crippen molar-refractivity contribution in [1.29, 1.82) is 0 Å². The number of carbonyl (C=O) groups is 1. The van der Waals surface area contributed by atoms with Crippen LogP contribution >= 0.6 is 0 Å². The number of allylic oxidation sites excluding steroid dienone is 2. The highest BCUT2D eigenvalue weighted by molar-refractivity contribution is 5.86. The summed E-state index contributed by atoms with van der Waals surface area (Å²) < 4.78 is 11.0. The molecule has 0 saturated carbocycles. The Labute approximate surface area is 201 Å². The van der Waals surface area contributed by atoms with Crippen LogP contribution in [0.5, 0.6) is 17.2 Å². The molecule has 1 aliphatic heterocycles. The summed E-state index contributed by atoms with van der Waals surface area (Å²) in [7, 11) is 0. The highest BCUT2D eigenvalue weighted by Gasteiger charge is 2.30. The molecule has 1 amide bonds. The first-order valence-corrected chi connectivity index (χ1v) is 11.2. The molecule has 0 aliphatic carbocycles. The predicted molar refractivity (Wildman–Crippen MR) is 136 cm³/mol. The lowest BCUT2D eigenvalue weighted by molar-refractivity contribution is -0.0205. The third-order valence-corrected chi connectivity index (χ3v) is 5.30. The highest BCUT2D eigenvalue weighted by atomic mass is 16.6. The fourth-order valence-electron chi connectivity index (χ4n) is 3.36. The number of benzene rings is 2. The maximum absolute atomic E-state index is 11.9. The number of likely N-dealkylation sites (tertiary alicyclic amines) is 1. The summed E-state index contributed by atoms with van der Waals surface area (Å²) in [5, 5.41) is 22.2. The third kappa shape index (κ3) is 9.52. The number of hydrogen-bond donors (Lipinski definition) is 3. The van der Waals surface area contributed by atoms with Gasteiger partial charge in [-0.3, -0.25) is 10.2 Å². The first-order valence-electron chi connectivity index (χ1n) is 11.2. The second kappa shape index (κ2) is 13.9. The molecule has 0 atom stereocenters. The number of nitrogens with one attached hydrogen (secondary N) is 1. The first-order chi connectivity index (χ1) is 16.4. The van der Waals surface area contributed by atoms with Crippen molar-refractivity contribution in [2.45, 2.75) is 24.9 Å². The van der Waals surface area contributed by atoms with Gasteiger partial charge in [-0.1, -0.05) is 31.4 Å². The number of piperidine rings is 1. The van der Waals surface area contributed by atoms with Crippen LogP contribution in [0.1, 0.15) is 19.3 Å². The Morgan fingerprint density at radius 1 is 1.00 bits per heavy atom. The van der Waals surface area contributed by atoms with Crippen LogP contribution in [-0.2, 0) is 0 Å². The van der Waals surface area contributed by atoms with E-state index in [2.05, 4.69) is 30.0 Å². The summed E-state index contributed by atoms with van der Waals surface area (Å²) >= 11 is 0. The average molecular weight is 467 g/mol. The maximum Gasteiger partial charge on any atom is 0.417 e. The highest BCUT2D eigenvalue weighted by Crippen LogP contribution is 2.26. The zero-order chi connectivity index (χ0) is 24.8. The van der Waals surface area contributed by atoms with Crippen LogP contribution in [0.3, 0.4) is 0 Å². The molecule has 1 saturated heterocycles. The Kier molecular flexibility index (Phi) is 10.9. The van der Waals surface area contributed by atoms with Gasteiger partial charge in [0.2, 0.25) is 0 Å². The van der Waals surface area contributed by atoms with E-state index in [1.807, 2.05) is 0 Å². The predicted octanol–water partition coefficient (Wildman–Crippen LogP) is 5.14. The molecule has 7 nitrogen and oxygen atoms in total. The molecule has 7 heteroatoms. The monoisotopic (exact) mass is 466 g/mol. The molecule has 0 radical (unpaired) electrons. The number of anilines is 1. The van der Waals surface area contributed by atoms with Gasteiger partial charge in [0.25, 0.3) is 0 Å². The van der Waals surface area contributed by atoms with E-state index in [1.165, 1.54) is 12.1 Å². The molecular weight excluding hydrogens is 432 g/mol. The van der Waals surface area contributed by atoms with Crippen molar-refractivity contribution < 1.29 is 24.5 Å². The summed E-state index contributed by atoms with van der Waals surface area (Å²) in [5.74, 6) is 1.22. The number of phenols is 1. The van der Waals surface area contributed by atoms with E-state index in [-0.39, 0.29) is 5.75 Å². The van der Waals surface area contributed by atoms with Gasteiger partial charge < -0.3 is 19.7 Å². The number of hydrogen-bond acceptors (Lipinski definition) is 6. The third-order valence-electron chi connectivity index (χ3n) is 5.30. The molecule has 0 spiro atoms. The van der Waals surface area contributed by atoms with E-state index in [0.29, 0.717) is 30.2 Å². The molecule has 34 heavy (non-hydrogen) atoms. The van der Waals surface area contributed by atoms with E-state index < -0.39 is 11.7 Å². The molecule has 3 rings (SSSR count). The van der Waals surface area contributed by atoms with Crippen molar-refractivity contribution in [2.24, 2.45) is 0 Å². The largest absolute Gasteiger partial charge is 0.508 e. The zero-order valence-electron chi connectivity index (χ0n) is 19.5. The quantitative estimate of drug-likeness (QED) is 0.269. The molecule has 2 aromatic rings. The normalized spacial score (nSPS) is 14.6. The first kappa shape index (κ1) is 26.7. The van der Waals surface area contributed by atoms with E-state index >= 15 is 0 Å². The Balaban J connectivity index is 0.000000945. The van der Waals surface area contributed by atoms with Gasteiger partial charge in [0.05, 0.1) is 5.60 Å². The molecule has 1 heterocycles. The molecule has 0 aromatic heterocycles. The SMILES string of the molecule is C=CC=C.C=CCC1(O)CCN(CCOc2ccc(OC(=O)Nc3ccc(O)cc3)cc2)CC1. The summed E-state index contributed by atoms with van der Waals surface area (Å²) in [4.78, 5) is 14.2. The molecule has 2 aromatic carbocycles. The number of amides is 1. The minimum atomic E-state index is -0.615. The fourth-order valence-corrected chi connectivity index (χ4v) is 3.36. The van der Waals surface area contributed by atoms with Crippen LogP contribution in [0.2, 0.25) is 0 Å². The van der Waals surface area contributed by atoms with Crippen molar-refractivity contribution in [1.82, 2.24) is 4.90 Å². The Hall–Kier alpha value is -3.55. The number of ether oxygens (including phenoxy) is 2. The molecule has 0 bridgehead atoms. The zero-order valence-corrected chi connectivity index (χ0v) is 19.5. The lowest BCUT2D eigenvalue weighted by Gasteiger charge is -2.37. The van der Waals surface area contributed by atoms with E-state index in [0.717, 1.165) is 32.5 Å². The minimum Gasteiger partial charge on any atom is -0.508 e. The van der Waals surface area contributed by atoms with Gasteiger partial charge in [-0.25, -0.2) is 4.79 Å². The molecule has 1 aliphatic rings. The average Bonchev–Trinajstić information content (AvgIpc) is 2.83.